The summed E-state index contributed by atoms with van der Waals surface area (Å²) in [4.78, 5) is 10.7. The lowest BCUT2D eigenvalue weighted by atomic mass is 10.0. The molecule has 1 aromatic heterocycles. The van der Waals surface area contributed by atoms with Crippen LogP contribution in [-0.2, 0) is 18.0 Å². The standard InChI is InChI=1S/C14H12O5/c15-13(11-3-4-12(19-11)14(16)17)8-1-2-9-6-18-7-10(9)5-8/h1-5,13,15H,6-7H2,(H,16,17). The van der Waals surface area contributed by atoms with Gasteiger partial charge in [-0.05, 0) is 28.8 Å². The van der Waals surface area contributed by atoms with Crippen LogP contribution < -0.4 is 0 Å². The van der Waals surface area contributed by atoms with Crippen molar-refractivity contribution in [3.8, 4) is 0 Å². The third-order valence-electron chi connectivity index (χ3n) is 3.17. The Hall–Kier alpha value is -2.11. The maximum absolute atomic E-state index is 10.7. The molecule has 5 heteroatoms. The van der Waals surface area contributed by atoms with E-state index in [1.807, 2.05) is 12.1 Å². The third kappa shape index (κ3) is 2.14. The molecule has 0 aliphatic carbocycles. The molecule has 0 saturated heterocycles. The first-order valence-corrected chi connectivity index (χ1v) is 5.85. The molecule has 1 unspecified atom stereocenters. The zero-order valence-corrected chi connectivity index (χ0v) is 10.00. The van der Waals surface area contributed by atoms with Crippen LogP contribution in [0.4, 0.5) is 0 Å². The lowest BCUT2D eigenvalue weighted by molar-refractivity contribution is 0.0655. The van der Waals surface area contributed by atoms with Gasteiger partial charge in [0.2, 0.25) is 5.76 Å². The maximum Gasteiger partial charge on any atom is 0.371 e. The molecule has 1 atom stereocenters. The Balaban J connectivity index is 1.90. The lowest BCUT2D eigenvalue weighted by Crippen LogP contribution is -2.00. The average Bonchev–Trinajstić information content (AvgIpc) is 3.06. The van der Waals surface area contributed by atoms with Crippen molar-refractivity contribution in [2.24, 2.45) is 0 Å². The topological polar surface area (TPSA) is 79.9 Å². The molecule has 5 nitrogen and oxygen atoms in total. The summed E-state index contributed by atoms with van der Waals surface area (Å²) < 4.78 is 10.4. The highest BCUT2D eigenvalue weighted by Crippen LogP contribution is 2.28. The smallest absolute Gasteiger partial charge is 0.371 e. The van der Waals surface area contributed by atoms with Gasteiger partial charge in [-0.25, -0.2) is 4.79 Å². The Bertz CT molecular complexity index is 629. The number of fused-ring (bicyclic) bond motifs is 1. The molecule has 0 spiro atoms. The first-order valence-electron chi connectivity index (χ1n) is 5.85. The molecular formula is C14H12O5. The van der Waals surface area contributed by atoms with Crippen LogP contribution in [0.15, 0.2) is 34.7 Å². The number of carboxylic acid groups (broad SMARTS) is 1. The Morgan fingerprint density at radius 1 is 1.16 bits per heavy atom. The van der Waals surface area contributed by atoms with Gasteiger partial charge < -0.3 is 19.4 Å². The second-order valence-corrected chi connectivity index (χ2v) is 4.43. The number of benzene rings is 1. The second-order valence-electron chi connectivity index (χ2n) is 4.43. The molecule has 2 heterocycles. The van der Waals surface area contributed by atoms with Gasteiger partial charge in [-0.1, -0.05) is 18.2 Å². The van der Waals surface area contributed by atoms with E-state index in [1.54, 1.807) is 6.07 Å². The Labute approximate surface area is 109 Å². The summed E-state index contributed by atoms with van der Waals surface area (Å²) in [6, 6.07) is 8.36. The van der Waals surface area contributed by atoms with E-state index in [0.717, 1.165) is 11.1 Å². The molecule has 98 valence electrons. The second kappa shape index (κ2) is 4.53. The predicted octanol–water partition coefficient (Wildman–Crippen LogP) is 2.09. The number of aromatic carboxylic acids is 1. The minimum atomic E-state index is -1.15. The van der Waals surface area contributed by atoms with E-state index in [1.165, 1.54) is 12.1 Å². The fourth-order valence-electron chi connectivity index (χ4n) is 2.14. The van der Waals surface area contributed by atoms with Crippen LogP contribution >= 0.6 is 0 Å². The van der Waals surface area contributed by atoms with Gasteiger partial charge in [0.1, 0.15) is 11.9 Å². The van der Waals surface area contributed by atoms with Crippen LogP contribution in [0, 0.1) is 0 Å². The zero-order chi connectivity index (χ0) is 13.4. The van der Waals surface area contributed by atoms with Gasteiger partial charge in [0, 0.05) is 0 Å². The Kier molecular flexibility index (Phi) is 2.85. The van der Waals surface area contributed by atoms with Crippen molar-refractivity contribution in [2.45, 2.75) is 19.3 Å². The minimum absolute atomic E-state index is 0.182. The molecule has 0 radical (unpaired) electrons. The number of carboxylic acids is 1. The highest BCUT2D eigenvalue weighted by Gasteiger charge is 2.19. The molecule has 19 heavy (non-hydrogen) atoms. The van der Waals surface area contributed by atoms with Gasteiger partial charge >= 0.3 is 5.97 Å². The largest absolute Gasteiger partial charge is 0.475 e. The van der Waals surface area contributed by atoms with Crippen LogP contribution in [0.25, 0.3) is 0 Å². The van der Waals surface area contributed by atoms with Gasteiger partial charge in [0.15, 0.2) is 0 Å². The molecule has 0 fully saturated rings. The average molecular weight is 260 g/mol. The van der Waals surface area contributed by atoms with E-state index in [2.05, 4.69) is 0 Å². The fraction of sp³-hybridized carbons (Fsp3) is 0.214. The van der Waals surface area contributed by atoms with E-state index >= 15 is 0 Å². The molecule has 3 rings (SSSR count). The van der Waals surface area contributed by atoms with Crippen molar-refractivity contribution in [2.75, 3.05) is 0 Å². The van der Waals surface area contributed by atoms with E-state index in [4.69, 9.17) is 14.3 Å². The van der Waals surface area contributed by atoms with Crippen LogP contribution in [0.1, 0.15) is 39.1 Å². The van der Waals surface area contributed by atoms with Crippen molar-refractivity contribution >= 4 is 5.97 Å². The Morgan fingerprint density at radius 2 is 1.95 bits per heavy atom. The van der Waals surface area contributed by atoms with Crippen molar-refractivity contribution in [3.05, 3.63) is 58.5 Å². The first kappa shape index (κ1) is 12.0. The monoisotopic (exact) mass is 260 g/mol. The minimum Gasteiger partial charge on any atom is -0.475 e. The van der Waals surface area contributed by atoms with Crippen molar-refractivity contribution in [1.29, 1.82) is 0 Å². The molecule has 1 aliphatic rings. The van der Waals surface area contributed by atoms with Gasteiger partial charge in [-0.15, -0.1) is 0 Å². The molecule has 2 aromatic rings. The summed E-state index contributed by atoms with van der Waals surface area (Å²) in [5.74, 6) is -1.12. The lowest BCUT2D eigenvalue weighted by Gasteiger charge is -2.09. The van der Waals surface area contributed by atoms with E-state index in [9.17, 15) is 9.90 Å². The maximum atomic E-state index is 10.7. The molecule has 0 saturated carbocycles. The first-order chi connectivity index (χ1) is 9.15. The summed E-state index contributed by atoms with van der Waals surface area (Å²) in [6.07, 6.45) is -0.973. The molecule has 1 aromatic carbocycles. The van der Waals surface area contributed by atoms with Crippen molar-refractivity contribution in [3.63, 3.8) is 0 Å². The van der Waals surface area contributed by atoms with Crippen molar-refractivity contribution in [1.82, 2.24) is 0 Å². The quantitative estimate of drug-likeness (QED) is 0.883. The highest BCUT2D eigenvalue weighted by atomic mass is 16.5. The highest BCUT2D eigenvalue weighted by molar-refractivity contribution is 5.84. The number of furan rings is 1. The Morgan fingerprint density at radius 3 is 2.68 bits per heavy atom. The predicted molar refractivity (Wildman–Crippen MR) is 64.7 cm³/mol. The summed E-state index contributed by atoms with van der Waals surface area (Å²) in [5, 5.41) is 19.0. The summed E-state index contributed by atoms with van der Waals surface area (Å²) in [5.41, 5.74) is 2.82. The number of hydrogen-bond acceptors (Lipinski definition) is 4. The van der Waals surface area contributed by atoms with Crippen molar-refractivity contribution < 1.29 is 24.2 Å². The third-order valence-corrected chi connectivity index (χ3v) is 3.17. The summed E-state index contributed by atoms with van der Waals surface area (Å²) >= 11 is 0. The number of aliphatic hydroxyl groups excluding tert-OH is 1. The van der Waals surface area contributed by atoms with Crippen LogP contribution in [0.3, 0.4) is 0 Å². The summed E-state index contributed by atoms with van der Waals surface area (Å²) in [6.45, 7) is 1.13. The van der Waals surface area contributed by atoms with E-state index < -0.39 is 12.1 Å². The number of aliphatic hydroxyl groups is 1. The SMILES string of the molecule is O=C(O)c1ccc(C(O)c2ccc3c(c2)COC3)o1. The summed E-state index contributed by atoms with van der Waals surface area (Å²) in [7, 11) is 0. The van der Waals surface area contributed by atoms with Crippen LogP contribution in [0.2, 0.25) is 0 Å². The van der Waals surface area contributed by atoms with Crippen LogP contribution in [0.5, 0.6) is 0 Å². The van der Waals surface area contributed by atoms with Gasteiger partial charge in [-0.3, -0.25) is 0 Å². The number of ether oxygens (including phenoxy) is 1. The van der Waals surface area contributed by atoms with Gasteiger partial charge in [0.05, 0.1) is 13.2 Å². The zero-order valence-electron chi connectivity index (χ0n) is 10.00. The molecule has 2 N–H and O–H groups in total. The van der Waals surface area contributed by atoms with Gasteiger partial charge in [0.25, 0.3) is 0 Å². The number of hydrogen-bond donors (Lipinski definition) is 2. The molecule has 0 bridgehead atoms. The number of rotatable bonds is 3. The molecule has 0 amide bonds. The fourth-order valence-corrected chi connectivity index (χ4v) is 2.14. The van der Waals surface area contributed by atoms with E-state index in [0.29, 0.717) is 18.8 Å². The van der Waals surface area contributed by atoms with Crippen LogP contribution in [-0.4, -0.2) is 16.2 Å². The molecule has 1 aliphatic heterocycles. The van der Waals surface area contributed by atoms with Gasteiger partial charge in [-0.2, -0.15) is 0 Å². The molecular weight excluding hydrogens is 248 g/mol. The number of carbonyl (C=O) groups is 1. The normalized spacial score (nSPS) is 15.2. The van der Waals surface area contributed by atoms with E-state index in [-0.39, 0.29) is 11.5 Å².